The van der Waals surface area contributed by atoms with E-state index in [-0.39, 0.29) is 24.8 Å². The fraction of sp³-hybridized carbons (Fsp3) is 0.263. The van der Waals surface area contributed by atoms with Crippen molar-refractivity contribution in [1.29, 1.82) is 0 Å². The molecule has 0 radical (unpaired) electrons. The highest BCUT2D eigenvalue weighted by molar-refractivity contribution is 6.42. The van der Waals surface area contributed by atoms with Crippen molar-refractivity contribution in [3.8, 4) is 0 Å². The number of nitrogens with zero attached hydrogens (tertiary/aromatic N) is 1. The third-order valence-corrected chi connectivity index (χ3v) is 4.52. The summed E-state index contributed by atoms with van der Waals surface area (Å²) < 4.78 is 4.67. The van der Waals surface area contributed by atoms with E-state index in [4.69, 9.17) is 23.2 Å². The quantitative estimate of drug-likeness (QED) is 0.675. The average Bonchev–Trinajstić information content (AvgIpc) is 2.64. The first-order valence-electron chi connectivity index (χ1n) is 7.86. The number of halogens is 2. The molecule has 0 aliphatic rings. The van der Waals surface area contributed by atoms with Crippen LogP contribution in [0.4, 0.5) is 0 Å². The molecule has 0 aliphatic carbocycles. The number of esters is 1. The predicted molar refractivity (Wildman–Crippen MR) is 99.1 cm³/mol. The zero-order valence-corrected chi connectivity index (χ0v) is 15.4. The van der Waals surface area contributed by atoms with Gasteiger partial charge in [0.2, 0.25) is 0 Å². The average molecular weight is 380 g/mol. The molecule has 6 heteroatoms. The van der Waals surface area contributed by atoms with Gasteiger partial charge in [0.1, 0.15) is 0 Å². The molecule has 1 amide bonds. The monoisotopic (exact) mass is 379 g/mol. The first kappa shape index (κ1) is 19.3. The van der Waals surface area contributed by atoms with Gasteiger partial charge in [-0.3, -0.25) is 9.59 Å². The Hall–Kier alpha value is -2.04. The number of carbonyl (C=O) groups excluding carboxylic acids is 2. The molecule has 2 aromatic carbocycles. The molecule has 0 atom stereocenters. The smallest absolute Gasteiger partial charge is 0.307 e. The Balaban J connectivity index is 2.12. The van der Waals surface area contributed by atoms with Crippen molar-refractivity contribution in [2.75, 3.05) is 20.2 Å². The molecule has 4 nitrogen and oxygen atoms in total. The maximum atomic E-state index is 12.8. The highest BCUT2D eigenvalue weighted by Crippen LogP contribution is 2.23. The van der Waals surface area contributed by atoms with E-state index in [1.807, 2.05) is 30.3 Å². The Labute approximate surface area is 157 Å². The second-order valence-electron chi connectivity index (χ2n) is 5.48. The van der Waals surface area contributed by atoms with Crippen molar-refractivity contribution >= 4 is 35.1 Å². The fourth-order valence-electron chi connectivity index (χ4n) is 2.36. The van der Waals surface area contributed by atoms with Gasteiger partial charge in [-0.1, -0.05) is 53.5 Å². The fourth-order valence-corrected chi connectivity index (χ4v) is 2.66. The molecular formula is C19H19Cl2NO3. The van der Waals surface area contributed by atoms with Gasteiger partial charge in [-0.2, -0.15) is 0 Å². The van der Waals surface area contributed by atoms with E-state index < -0.39 is 0 Å². The SMILES string of the molecule is COC(=O)CCN(CCc1ccccc1)C(=O)c1ccc(Cl)c(Cl)c1. The Morgan fingerprint density at radius 1 is 1.00 bits per heavy atom. The lowest BCUT2D eigenvalue weighted by molar-refractivity contribution is -0.140. The Kier molecular flexibility index (Phi) is 7.29. The van der Waals surface area contributed by atoms with Gasteiger partial charge < -0.3 is 9.64 Å². The van der Waals surface area contributed by atoms with Gasteiger partial charge >= 0.3 is 5.97 Å². The molecule has 0 fully saturated rings. The van der Waals surface area contributed by atoms with Gasteiger partial charge in [0.15, 0.2) is 0 Å². The predicted octanol–water partition coefficient (Wildman–Crippen LogP) is 4.24. The molecule has 0 aromatic heterocycles. The summed E-state index contributed by atoms with van der Waals surface area (Å²) in [6, 6.07) is 14.6. The summed E-state index contributed by atoms with van der Waals surface area (Å²) in [7, 11) is 1.33. The minimum absolute atomic E-state index is 0.137. The van der Waals surface area contributed by atoms with E-state index in [2.05, 4.69) is 4.74 Å². The molecule has 0 aliphatic heterocycles. The summed E-state index contributed by atoms with van der Waals surface area (Å²) in [6.07, 6.45) is 0.827. The van der Waals surface area contributed by atoms with E-state index in [1.54, 1.807) is 23.1 Å². The van der Waals surface area contributed by atoms with E-state index in [0.717, 1.165) is 5.56 Å². The molecule has 0 N–H and O–H groups in total. The largest absolute Gasteiger partial charge is 0.469 e. The normalized spacial score (nSPS) is 10.4. The van der Waals surface area contributed by atoms with Crippen molar-refractivity contribution in [3.05, 3.63) is 69.7 Å². The van der Waals surface area contributed by atoms with Crippen LogP contribution in [0.25, 0.3) is 0 Å². The number of methoxy groups -OCH3 is 1. The maximum absolute atomic E-state index is 12.8. The van der Waals surface area contributed by atoms with Gasteiger partial charge in [-0.05, 0) is 30.2 Å². The van der Waals surface area contributed by atoms with Gasteiger partial charge in [0, 0.05) is 18.7 Å². The second kappa shape index (κ2) is 9.44. The maximum Gasteiger partial charge on any atom is 0.307 e. The van der Waals surface area contributed by atoms with Crippen molar-refractivity contribution in [1.82, 2.24) is 4.90 Å². The minimum atomic E-state index is -0.355. The van der Waals surface area contributed by atoms with E-state index >= 15 is 0 Å². The van der Waals surface area contributed by atoms with Crippen LogP contribution in [-0.2, 0) is 16.0 Å². The van der Waals surface area contributed by atoms with Crippen LogP contribution in [-0.4, -0.2) is 37.0 Å². The zero-order valence-electron chi connectivity index (χ0n) is 13.9. The van der Waals surface area contributed by atoms with Crippen LogP contribution < -0.4 is 0 Å². The van der Waals surface area contributed by atoms with Crippen LogP contribution in [0.5, 0.6) is 0 Å². The molecule has 0 spiro atoms. The number of ether oxygens (including phenoxy) is 1. The lowest BCUT2D eigenvalue weighted by Crippen LogP contribution is -2.35. The summed E-state index contributed by atoms with van der Waals surface area (Å²) in [5, 5.41) is 0.715. The summed E-state index contributed by atoms with van der Waals surface area (Å²) in [4.78, 5) is 25.9. The molecule has 0 unspecified atom stereocenters. The molecule has 2 rings (SSSR count). The minimum Gasteiger partial charge on any atom is -0.469 e. The highest BCUT2D eigenvalue weighted by atomic mass is 35.5. The Morgan fingerprint density at radius 2 is 1.72 bits per heavy atom. The second-order valence-corrected chi connectivity index (χ2v) is 6.30. The highest BCUT2D eigenvalue weighted by Gasteiger charge is 2.18. The Morgan fingerprint density at radius 3 is 2.36 bits per heavy atom. The van der Waals surface area contributed by atoms with E-state index in [1.165, 1.54) is 7.11 Å². The third kappa shape index (κ3) is 5.76. The number of hydrogen-bond donors (Lipinski definition) is 0. The van der Waals surface area contributed by atoms with Crippen LogP contribution in [0.3, 0.4) is 0 Å². The summed E-state index contributed by atoms with van der Waals surface area (Å²) in [5.41, 5.74) is 1.56. The zero-order chi connectivity index (χ0) is 18.2. The van der Waals surface area contributed by atoms with E-state index in [0.29, 0.717) is 28.6 Å². The number of amides is 1. The molecule has 25 heavy (non-hydrogen) atoms. The number of rotatable bonds is 7. The standard InChI is InChI=1S/C19H19Cl2NO3/c1-25-18(23)10-12-22(11-9-14-5-3-2-4-6-14)19(24)15-7-8-16(20)17(21)13-15/h2-8,13H,9-12H2,1H3. The van der Waals surface area contributed by atoms with Crippen LogP contribution in [0.15, 0.2) is 48.5 Å². The molecule has 132 valence electrons. The van der Waals surface area contributed by atoms with Crippen LogP contribution in [0, 0.1) is 0 Å². The molecule has 2 aromatic rings. The van der Waals surface area contributed by atoms with Crippen LogP contribution >= 0.6 is 23.2 Å². The van der Waals surface area contributed by atoms with Gasteiger partial charge in [0.05, 0.1) is 23.6 Å². The first-order chi connectivity index (χ1) is 12.0. The third-order valence-electron chi connectivity index (χ3n) is 3.78. The van der Waals surface area contributed by atoms with E-state index in [9.17, 15) is 9.59 Å². The lowest BCUT2D eigenvalue weighted by Gasteiger charge is -2.22. The number of hydrogen-bond acceptors (Lipinski definition) is 3. The molecule has 0 saturated heterocycles. The Bertz CT molecular complexity index is 735. The van der Waals surface area contributed by atoms with Crippen LogP contribution in [0.2, 0.25) is 10.0 Å². The van der Waals surface area contributed by atoms with Crippen molar-refractivity contribution < 1.29 is 14.3 Å². The lowest BCUT2D eigenvalue weighted by atomic mass is 10.1. The van der Waals surface area contributed by atoms with Crippen molar-refractivity contribution in [3.63, 3.8) is 0 Å². The molecule has 0 saturated carbocycles. The van der Waals surface area contributed by atoms with Crippen molar-refractivity contribution in [2.45, 2.75) is 12.8 Å². The van der Waals surface area contributed by atoms with Gasteiger partial charge in [0.25, 0.3) is 5.91 Å². The van der Waals surface area contributed by atoms with Gasteiger partial charge in [-0.15, -0.1) is 0 Å². The van der Waals surface area contributed by atoms with Gasteiger partial charge in [-0.25, -0.2) is 0 Å². The molecule has 0 bridgehead atoms. The number of benzene rings is 2. The summed E-state index contributed by atoms with van der Waals surface area (Å²) in [6.45, 7) is 0.763. The topological polar surface area (TPSA) is 46.6 Å². The summed E-state index contributed by atoms with van der Waals surface area (Å²) in [5.74, 6) is -0.551. The van der Waals surface area contributed by atoms with Crippen LogP contribution in [0.1, 0.15) is 22.3 Å². The summed E-state index contributed by atoms with van der Waals surface area (Å²) >= 11 is 11.9. The molecular weight excluding hydrogens is 361 g/mol. The molecule has 0 heterocycles. The first-order valence-corrected chi connectivity index (χ1v) is 8.62. The number of carbonyl (C=O) groups is 2. The van der Waals surface area contributed by atoms with Crippen molar-refractivity contribution in [2.24, 2.45) is 0 Å².